The SMILES string of the molecule is CC(C)C1CN(Cc2cccnn2)CCCN1. The van der Waals surface area contributed by atoms with E-state index in [1.807, 2.05) is 6.07 Å². The zero-order chi connectivity index (χ0) is 12.1. The van der Waals surface area contributed by atoms with E-state index in [1.165, 1.54) is 6.42 Å². The minimum Gasteiger partial charge on any atom is -0.312 e. The first-order chi connectivity index (χ1) is 8.25. The normalized spacial score (nSPS) is 22.6. The zero-order valence-corrected chi connectivity index (χ0v) is 10.8. The van der Waals surface area contributed by atoms with Crippen molar-refractivity contribution in [2.24, 2.45) is 5.92 Å². The van der Waals surface area contributed by atoms with E-state index in [1.54, 1.807) is 6.20 Å². The van der Waals surface area contributed by atoms with Gasteiger partial charge in [-0.05, 0) is 37.6 Å². The van der Waals surface area contributed by atoms with Crippen molar-refractivity contribution in [3.8, 4) is 0 Å². The Morgan fingerprint density at radius 2 is 2.41 bits per heavy atom. The molecular formula is C13H22N4. The van der Waals surface area contributed by atoms with Crippen molar-refractivity contribution < 1.29 is 0 Å². The van der Waals surface area contributed by atoms with Gasteiger partial charge in [-0.1, -0.05) is 13.8 Å². The largest absolute Gasteiger partial charge is 0.312 e. The lowest BCUT2D eigenvalue weighted by Gasteiger charge is -2.26. The lowest BCUT2D eigenvalue weighted by molar-refractivity contribution is 0.235. The second kappa shape index (κ2) is 6.07. The van der Waals surface area contributed by atoms with Gasteiger partial charge in [0.05, 0.1) is 5.69 Å². The number of hydrogen-bond donors (Lipinski definition) is 1. The number of nitrogens with zero attached hydrogens (tertiary/aromatic N) is 3. The maximum Gasteiger partial charge on any atom is 0.0771 e. The molecule has 1 atom stereocenters. The van der Waals surface area contributed by atoms with Crippen molar-refractivity contribution >= 4 is 0 Å². The van der Waals surface area contributed by atoms with Crippen molar-refractivity contribution in [2.75, 3.05) is 19.6 Å². The third-order valence-corrected chi connectivity index (χ3v) is 3.33. The molecule has 1 N–H and O–H groups in total. The predicted octanol–water partition coefficient (Wildman–Crippen LogP) is 1.30. The maximum absolute atomic E-state index is 4.16. The summed E-state index contributed by atoms with van der Waals surface area (Å²) in [7, 11) is 0. The third-order valence-electron chi connectivity index (χ3n) is 3.33. The quantitative estimate of drug-likeness (QED) is 0.856. The highest BCUT2D eigenvalue weighted by Gasteiger charge is 2.20. The Morgan fingerprint density at radius 3 is 3.12 bits per heavy atom. The van der Waals surface area contributed by atoms with E-state index in [9.17, 15) is 0 Å². The highest BCUT2D eigenvalue weighted by atomic mass is 15.2. The first kappa shape index (κ1) is 12.5. The molecule has 4 nitrogen and oxygen atoms in total. The molecule has 0 bridgehead atoms. The lowest BCUT2D eigenvalue weighted by atomic mass is 10.0. The Balaban J connectivity index is 1.95. The number of aromatic nitrogens is 2. The van der Waals surface area contributed by atoms with Gasteiger partial charge in [-0.25, -0.2) is 0 Å². The summed E-state index contributed by atoms with van der Waals surface area (Å²) in [6.07, 6.45) is 2.94. The number of rotatable bonds is 3. The summed E-state index contributed by atoms with van der Waals surface area (Å²) in [5, 5.41) is 11.7. The minimum absolute atomic E-state index is 0.592. The van der Waals surface area contributed by atoms with Gasteiger partial charge < -0.3 is 5.32 Å². The van der Waals surface area contributed by atoms with Gasteiger partial charge in [-0.3, -0.25) is 4.90 Å². The van der Waals surface area contributed by atoms with Crippen LogP contribution in [-0.4, -0.2) is 40.8 Å². The van der Waals surface area contributed by atoms with Crippen LogP contribution in [0.15, 0.2) is 18.3 Å². The van der Waals surface area contributed by atoms with Gasteiger partial charge in [0.2, 0.25) is 0 Å². The van der Waals surface area contributed by atoms with Crippen LogP contribution in [0.25, 0.3) is 0 Å². The highest BCUT2D eigenvalue weighted by molar-refractivity contribution is 4.99. The summed E-state index contributed by atoms with van der Waals surface area (Å²) >= 11 is 0. The molecule has 1 aromatic rings. The lowest BCUT2D eigenvalue weighted by Crippen LogP contribution is -2.41. The van der Waals surface area contributed by atoms with E-state index in [4.69, 9.17) is 0 Å². The molecule has 1 saturated heterocycles. The van der Waals surface area contributed by atoms with Crippen LogP contribution >= 0.6 is 0 Å². The Hall–Kier alpha value is -1.00. The van der Waals surface area contributed by atoms with Gasteiger partial charge in [0.1, 0.15) is 0 Å². The minimum atomic E-state index is 0.592. The van der Waals surface area contributed by atoms with E-state index in [2.05, 4.69) is 40.3 Å². The molecule has 0 amide bonds. The zero-order valence-electron chi connectivity index (χ0n) is 10.8. The molecule has 0 aromatic carbocycles. The molecule has 0 radical (unpaired) electrons. The molecule has 0 spiro atoms. The van der Waals surface area contributed by atoms with Gasteiger partial charge in [-0.15, -0.1) is 0 Å². The smallest absolute Gasteiger partial charge is 0.0771 e. The summed E-state index contributed by atoms with van der Waals surface area (Å²) in [4.78, 5) is 2.48. The second-order valence-corrected chi connectivity index (χ2v) is 5.11. The second-order valence-electron chi connectivity index (χ2n) is 5.11. The predicted molar refractivity (Wildman–Crippen MR) is 68.6 cm³/mol. The molecule has 0 saturated carbocycles. The van der Waals surface area contributed by atoms with Crippen molar-refractivity contribution in [3.05, 3.63) is 24.0 Å². The van der Waals surface area contributed by atoms with Crippen molar-refractivity contribution in [2.45, 2.75) is 32.9 Å². The van der Waals surface area contributed by atoms with Gasteiger partial charge in [0.25, 0.3) is 0 Å². The highest BCUT2D eigenvalue weighted by Crippen LogP contribution is 2.10. The van der Waals surface area contributed by atoms with E-state index >= 15 is 0 Å². The van der Waals surface area contributed by atoms with Gasteiger partial charge in [0, 0.05) is 25.3 Å². The van der Waals surface area contributed by atoms with Crippen molar-refractivity contribution in [1.82, 2.24) is 20.4 Å². The van der Waals surface area contributed by atoms with Gasteiger partial charge >= 0.3 is 0 Å². The molecule has 4 heteroatoms. The van der Waals surface area contributed by atoms with Crippen LogP contribution in [0, 0.1) is 5.92 Å². The molecule has 94 valence electrons. The summed E-state index contributed by atoms with van der Waals surface area (Å²) in [5.41, 5.74) is 1.07. The number of nitrogens with one attached hydrogen (secondary N) is 1. The Labute approximate surface area is 103 Å². The van der Waals surface area contributed by atoms with E-state index < -0.39 is 0 Å². The van der Waals surface area contributed by atoms with Gasteiger partial charge in [-0.2, -0.15) is 10.2 Å². The fraction of sp³-hybridized carbons (Fsp3) is 0.692. The Morgan fingerprint density at radius 1 is 1.53 bits per heavy atom. The van der Waals surface area contributed by atoms with E-state index in [-0.39, 0.29) is 0 Å². The van der Waals surface area contributed by atoms with E-state index in [0.717, 1.165) is 31.9 Å². The molecule has 1 unspecified atom stereocenters. The van der Waals surface area contributed by atoms with Gasteiger partial charge in [0.15, 0.2) is 0 Å². The summed E-state index contributed by atoms with van der Waals surface area (Å²) in [6, 6.07) is 4.60. The Bertz CT molecular complexity index is 325. The average Bonchev–Trinajstić information content (AvgIpc) is 2.56. The summed E-state index contributed by atoms with van der Waals surface area (Å²) in [5.74, 6) is 0.678. The molecule has 2 heterocycles. The molecule has 2 rings (SSSR count). The molecule has 1 aliphatic heterocycles. The maximum atomic E-state index is 4.16. The van der Waals surface area contributed by atoms with Crippen LogP contribution in [-0.2, 0) is 6.54 Å². The summed E-state index contributed by atoms with van der Waals surface area (Å²) in [6.45, 7) is 8.85. The third kappa shape index (κ3) is 3.75. The summed E-state index contributed by atoms with van der Waals surface area (Å²) < 4.78 is 0. The molecule has 17 heavy (non-hydrogen) atoms. The Kier molecular flexibility index (Phi) is 4.45. The van der Waals surface area contributed by atoms with Crippen LogP contribution in [0.1, 0.15) is 26.0 Å². The molecular weight excluding hydrogens is 212 g/mol. The van der Waals surface area contributed by atoms with Crippen LogP contribution < -0.4 is 5.32 Å². The van der Waals surface area contributed by atoms with E-state index in [0.29, 0.717) is 12.0 Å². The van der Waals surface area contributed by atoms with Crippen LogP contribution in [0.5, 0.6) is 0 Å². The topological polar surface area (TPSA) is 41.1 Å². The molecule has 1 aliphatic rings. The molecule has 1 fully saturated rings. The monoisotopic (exact) mass is 234 g/mol. The fourth-order valence-corrected chi connectivity index (χ4v) is 2.26. The van der Waals surface area contributed by atoms with Crippen molar-refractivity contribution in [3.63, 3.8) is 0 Å². The fourth-order valence-electron chi connectivity index (χ4n) is 2.26. The van der Waals surface area contributed by atoms with Crippen LogP contribution in [0.2, 0.25) is 0 Å². The van der Waals surface area contributed by atoms with Crippen LogP contribution in [0.4, 0.5) is 0 Å². The average molecular weight is 234 g/mol. The molecule has 1 aromatic heterocycles. The van der Waals surface area contributed by atoms with Crippen molar-refractivity contribution in [1.29, 1.82) is 0 Å². The van der Waals surface area contributed by atoms with Crippen LogP contribution in [0.3, 0.4) is 0 Å². The number of hydrogen-bond acceptors (Lipinski definition) is 4. The standard InChI is InChI=1S/C13H22N4/c1-11(2)13-10-17(8-4-6-14-13)9-12-5-3-7-15-16-12/h3,5,7,11,13-14H,4,6,8-10H2,1-2H3. The molecule has 0 aliphatic carbocycles. The first-order valence-electron chi connectivity index (χ1n) is 6.48. The first-order valence-corrected chi connectivity index (χ1v) is 6.48.